The highest BCUT2D eigenvalue weighted by molar-refractivity contribution is 9.10. The fourth-order valence-electron chi connectivity index (χ4n) is 2.04. The van der Waals surface area contributed by atoms with Crippen molar-refractivity contribution in [3.8, 4) is 6.07 Å². The average Bonchev–Trinajstić information content (AvgIpc) is 3.20. The molecule has 1 aromatic carbocycles. The van der Waals surface area contributed by atoms with E-state index in [4.69, 9.17) is 10.00 Å². The number of hydrogen-bond acceptors (Lipinski definition) is 3. The maximum Gasteiger partial charge on any atom is 0.0992 e. The highest BCUT2D eigenvalue weighted by atomic mass is 79.9. The molecule has 4 heteroatoms. The van der Waals surface area contributed by atoms with Crippen LogP contribution in [-0.2, 0) is 11.3 Å². The average molecular weight is 309 g/mol. The fraction of sp³-hybridized carbons (Fsp3) is 0.500. The number of benzene rings is 1. The topological polar surface area (TPSA) is 45.0 Å². The van der Waals surface area contributed by atoms with E-state index in [9.17, 15) is 0 Å². The molecule has 1 aliphatic carbocycles. The number of nitrogens with zero attached hydrogens (tertiary/aromatic N) is 1. The van der Waals surface area contributed by atoms with Gasteiger partial charge in [0.15, 0.2) is 0 Å². The highest BCUT2D eigenvalue weighted by Gasteiger charge is 2.30. The van der Waals surface area contributed by atoms with Crippen molar-refractivity contribution in [3.05, 3.63) is 33.8 Å². The van der Waals surface area contributed by atoms with Gasteiger partial charge >= 0.3 is 0 Å². The van der Waals surface area contributed by atoms with E-state index in [2.05, 4.69) is 27.3 Å². The van der Waals surface area contributed by atoms with Crippen LogP contribution in [0.15, 0.2) is 22.7 Å². The predicted molar refractivity (Wildman–Crippen MR) is 74.1 cm³/mol. The molecular weight excluding hydrogens is 292 g/mol. The third kappa shape index (κ3) is 3.55. The van der Waals surface area contributed by atoms with Crippen LogP contribution in [0.4, 0.5) is 0 Å². The van der Waals surface area contributed by atoms with Gasteiger partial charge in [-0.2, -0.15) is 5.26 Å². The summed E-state index contributed by atoms with van der Waals surface area (Å²) in [7, 11) is 1.74. The first kappa shape index (κ1) is 13.5. The standard InChI is InChI=1S/C14H17BrN2O/c1-18-9-14(11-4-5-11)17-8-12-3-2-10(7-16)6-13(12)15/h2-3,6,11,14,17H,4-5,8-9H2,1H3/t14-/m1/s1. The van der Waals surface area contributed by atoms with Crippen LogP contribution in [0.25, 0.3) is 0 Å². The first-order chi connectivity index (χ1) is 8.74. The zero-order valence-corrected chi connectivity index (χ0v) is 12.0. The number of rotatable bonds is 6. The molecular formula is C14H17BrN2O. The summed E-state index contributed by atoms with van der Waals surface area (Å²) in [4.78, 5) is 0. The molecule has 1 fully saturated rings. The summed E-state index contributed by atoms with van der Waals surface area (Å²) in [5.41, 5.74) is 1.86. The van der Waals surface area contributed by atoms with Crippen LogP contribution >= 0.6 is 15.9 Å². The molecule has 0 heterocycles. The Labute approximate surface area is 116 Å². The van der Waals surface area contributed by atoms with Crippen LogP contribution in [0.5, 0.6) is 0 Å². The van der Waals surface area contributed by atoms with Crippen molar-refractivity contribution in [1.82, 2.24) is 5.32 Å². The lowest BCUT2D eigenvalue weighted by atomic mass is 10.1. The Morgan fingerprint density at radius 1 is 1.56 bits per heavy atom. The molecule has 1 atom stereocenters. The number of nitriles is 1. The van der Waals surface area contributed by atoms with Crippen molar-refractivity contribution in [3.63, 3.8) is 0 Å². The molecule has 0 aromatic heterocycles. The molecule has 0 bridgehead atoms. The van der Waals surface area contributed by atoms with Crippen molar-refractivity contribution in [1.29, 1.82) is 5.26 Å². The largest absolute Gasteiger partial charge is 0.383 e. The lowest BCUT2D eigenvalue weighted by Crippen LogP contribution is -2.34. The first-order valence-corrected chi connectivity index (χ1v) is 6.94. The van der Waals surface area contributed by atoms with Gasteiger partial charge in [0.2, 0.25) is 0 Å². The van der Waals surface area contributed by atoms with Crippen LogP contribution in [0.2, 0.25) is 0 Å². The molecule has 1 aromatic rings. The molecule has 18 heavy (non-hydrogen) atoms. The predicted octanol–water partition coefficient (Wildman–Crippen LogP) is 2.84. The summed E-state index contributed by atoms with van der Waals surface area (Å²) in [5.74, 6) is 0.766. The third-order valence-corrected chi connectivity index (χ3v) is 4.01. The monoisotopic (exact) mass is 308 g/mol. The van der Waals surface area contributed by atoms with Crippen LogP contribution in [0.1, 0.15) is 24.0 Å². The summed E-state index contributed by atoms with van der Waals surface area (Å²) in [5, 5.41) is 12.4. The fourth-order valence-corrected chi connectivity index (χ4v) is 2.56. The zero-order valence-electron chi connectivity index (χ0n) is 10.4. The van der Waals surface area contributed by atoms with Gasteiger partial charge in [-0.25, -0.2) is 0 Å². The zero-order chi connectivity index (χ0) is 13.0. The Bertz CT molecular complexity index is 452. The van der Waals surface area contributed by atoms with Crippen LogP contribution in [0, 0.1) is 17.2 Å². The van der Waals surface area contributed by atoms with Gasteiger partial charge in [0.1, 0.15) is 0 Å². The molecule has 3 nitrogen and oxygen atoms in total. The Balaban J connectivity index is 1.94. The van der Waals surface area contributed by atoms with Gasteiger partial charge < -0.3 is 10.1 Å². The minimum Gasteiger partial charge on any atom is -0.383 e. The summed E-state index contributed by atoms with van der Waals surface area (Å²) in [6.07, 6.45) is 2.60. The molecule has 0 amide bonds. The van der Waals surface area contributed by atoms with Gasteiger partial charge in [-0.05, 0) is 36.5 Å². The van der Waals surface area contributed by atoms with E-state index in [1.54, 1.807) is 7.11 Å². The lowest BCUT2D eigenvalue weighted by Gasteiger charge is -2.17. The van der Waals surface area contributed by atoms with Crippen LogP contribution in [0.3, 0.4) is 0 Å². The Hall–Kier alpha value is -0.890. The summed E-state index contributed by atoms with van der Waals surface area (Å²) >= 11 is 3.51. The Morgan fingerprint density at radius 2 is 2.33 bits per heavy atom. The number of halogens is 1. The second-order valence-electron chi connectivity index (χ2n) is 4.70. The Kier molecular flexibility index (Phi) is 4.76. The number of ether oxygens (including phenoxy) is 1. The number of methoxy groups -OCH3 is 1. The molecule has 0 saturated heterocycles. The summed E-state index contributed by atoms with van der Waals surface area (Å²) in [6, 6.07) is 8.28. The molecule has 0 radical (unpaired) electrons. The Morgan fingerprint density at radius 3 is 2.89 bits per heavy atom. The second kappa shape index (κ2) is 6.33. The van der Waals surface area contributed by atoms with Crippen molar-refractivity contribution < 1.29 is 4.74 Å². The number of nitrogens with one attached hydrogen (secondary N) is 1. The minimum atomic E-state index is 0.442. The van der Waals surface area contributed by atoms with E-state index in [1.165, 1.54) is 18.4 Å². The summed E-state index contributed by atoms with van der Waals surface area (Å²) < 4.78 is 6.23. The van der Waals surface area contributed by atoms with E-state index in [0.29, 0.717) is 11.6 Å². The highest BCUT2D eigenvalue weighted by Crippen LogP contribution is 2.33. The van der Waals surface area contributed by atoms with Crippen molar-refractivity contribution in [2.75, 3.05) is 13.7 Å². The van der Waals surface area contributed by atoms with Crippen molar-refractivity contribution >= 4 is 15.9 Å². The maximum atomic E-state index is 8.82. The minimum absolute atomic E-state index is 0.442. The molecule has 1 saturated carbocycles. The van der Waals surface area contributed by atoms with Crippen molar-refractivity contribution in [2.24, 2.45) is 5.92 Å². The second-order valence-corrected chi connectivity index (χ2v) is 5.55. The third-order valence-electron chi connectivity index (χ3n) is 3.27. The molecule has 0 unspecified atom stereocenters. The molecule has 2 rings (SSSR count). The summed E-state index contributed by atoms with van der Waals surface area (Å²) in [6.45, 7) is 1.56. The lowest BCUT2D eigenvalue weighted by molar-refractivity contribution is 0.157. The normalized spacial score (nSPS) is 16.3. The van der Waals surface area contributed by atoms with Gasteiger partial charge in [-0.15, -0.1) is 0 Å². The van der Waals surface area contributed by atoms with Crippen LogP contribution < -0.4 is 5.32 Å². The van der Waals surface area contributed by atoms with Gasteiger partial charge in [0.05, 0.1) is 18.2 Å². The smallest absolute Gasteiger partial charge is 0.0992 e. The van der Waals surface area contributed by atoms with Gasteiger partial charge in [0.25, 0.3) is 0 Å². The molecule has 1 N–H and O–H groups in total. The molecule has 96 valence electrons. The van der Waals surface area contributed by atoms with E-state index in [0.717, 1.165) is 23.5 Å². The quantitative estimate of drug-likeness (QED) is 0.879. The molecule has 1 aliphatic rings. The van der Waals surface area contributed by atoms with E-state index >= 15 is 0 Å². The van der Waals surface area contributed by atoms with Crippen LogP contribution in [-0.4, -0.2) is 19.8 Å². The van der Waals surface area contributed by atoms with Gasteiger partial charge in [0, 0.05) is 24.2 Å². The van der Waals surface area contributed by atoms with Gasteiger partial charge in [-0.1, -0.05) is 22.0 Å². The number of hydrogen-bond donors (Lipinski definition) is 1. The maximum absolute atomic E-state index is 8.82. The van der Waals surface area contributed by atoms with Gasteiger partial charge in [-0.3, -0.25) is 0 Å². The first-order valence-electron chi connectivity index (χ1n) is 6.15. The van der Waals surface area contributed by atoms with E-state index in [-0.39, 0.29) is 0 Å². The van der Waals surface area contributed by atoms with E-state index in [1.807, 2.05) is 18.2 Å². The van der Waals surface area contributed by atoms with E-state index < -0.39 is 0 Å². The van der Waals surface area contributed by atoms with Crippen molar-refractivity contribution in [2.45, 2.75) is 25.4 Å². The molecule has 0 spiro atoms. The molecule has 0 aliphatic heterocycles. The SMILES string of the molecule is COC[C@@H](NCc1ccc(C#N)cc1Br)C1CC1.